The van der Waals surface area contributed by atoms with Gasteiger partial charge in [0.05, 0.1) is 21.8 Å². The van der Waals surface area contributed by atoms with Crippen molar-refractivity contribution >= 4 is 15.8 Å². The standard InChI is InChI=1S/C19H19F2N5O3S.CH4/c1-12-3-5-14(6-4-12)30(27,28)11-19(7-2-8-19)24-18-22-9-13(10-23-18)16-25-26-17(29-16)15(20)21;/h3-6,9-10,15H,2,7-8,11H2,1H3,(H,22,23,24);1H4. The van der Waals surface area contributed by atoms with Gasteiger partial charge in [-0.3, -0.25) is 0 Å². The number of hydrogen-bond acceptors (Lipinski definition) is 8. The highest BCUT2D eigenvalue weighted by molar-refractivity contribution is 7.91. The predicted octanol–water partition coefficient (Wildman–Crippen LogP) is 4.22. The van der Waals surface area contributed by atoms with Crippen molar-refractivity contribution in [2.45, 2.75) is 50.5 Å². The van der Waals surface area contributed by atoms with E-state index < -0.39 is 27.7 Å². The Labute approximate surface area is 179 Å². The van der Waals surface area contributed by atoms with Gasteiger partial charge in [0.25, 0.3) is 11.8 Å². The monoisotopic (exact) mass is 451 g/mol. The number of nitrogens with one attached hydrogen (secondary N) is 1. The van der Waals surface area contributed by atoms with E-state index in [1.54, 1.807) is 24.3 Å². The van der Waals surface area contributed by atoms with Crippen molar-refractivity contribution in [1.82, 2.24) is 20.2 Å². The number of rotatable bonds is 7. The molecule has 0 bridgehead atoms. The van der Waals surface area contributed by atoms with E-state index >= 15 is 0 Å². The summed E-state index contributed by atoms with van der Waals surface area (Å²) in [5, 5.41) is 9.96. The molecule has 4 rings (SSSR count). The van der Waals surface area contributed by atoms with Gasteiger partial charge in [-0.25, -0.2) is 18.4 Å². The summed E-state index contributed by atoms with van der Waals surface area (Å²) in [6, 6.07) is 6.76. The van der Waals surface area contributed by atoms with Crippen LogP contribution in [0.4, 0.5) is 14.7 Å². The van der Waals surface area contributed by atoms with E-state index in [1.165, 1.54) is 12.4 Å². The van der Waals surface area contributed by atoms with E-state index in [9.17, 15) is 17.2 Å². The second-order valence-electron chi connectivity index (χ2n) is 7.37. The lowest BCUT2D eigenvalue weighted by Crippen LogP contribution is -2.51. The highest BCUT2D eigenvalue weighted by Gasteiger charge is 2.42. The second kappa shape index (κ2) is 8.66. The van der Waals surface area contributed by atoms with Crippen molar-refractivity contribution < 1.29 is 21.6 Å². The number of halogens is 2. The van der Waals surface area contributed by atoms with E-state index in [0.717, 1.165) is 12.0 Å². The molecule has 1 aliphatic carbocycles. The smallest absolute Gasteiger partial charge is 0.314 e. The maximum atomic E-state index is 12.9. The molecule has 11 heteroatoms. The highest BCUT2D eigenvalue weighted by Crippen LogP contribution is 2.37. The van der Waals surface area contributed by atoms with E-state index in [1.807, 2.05) is 6.92 Å². The molecule has 0 spiro atoms. The van der Waals surface area contributed by atoms with Crippen LogP contribution in [-0.2, 0) is 9.84 Å². The summed E-state index contributed by atoms with van der Waals surface area (Å²) in [5.41, 5.74) is 0.620. The Morgan fingerprint density at radius 1 is 1.13 bits per heavy atom. The number of sulfone groups is 1. The first kappa shape index (κ1) is 22.7. The molecule has 0 atom stereocenters. The molecule has 2 aromatic heterocycles. The van der Waals surface area contributed by atoms with E-state index in [4.69, 9.17) is 4.42 Å². The Kier molecular flexibility index (Phi) is 6.35. The van der Waals surface area contributed by atoms with Crippen molar-refractivity contribution in [3.8, 4) is 11.5 Å². The quantitative estimate of drug-likeness (QED) is 0.568. The molecule has 8 nitrogen and oxygen atoms in total. The maximum absolute atomic E-state index is 12.9. The molecule has 1 aromatic carbocycles. The Morgan fingerprint density at radius 2 is 1.77 bits per heavy atom. The molecule has 1 fully saturated rings. The van der Waals surface area contributed by atoms with Crippen molar-refractivity contribution in [1.29, 1.82) is 0 Å². The molecule has 3 aromatic rings. The molecule has 0 saturated heterocycles. The summed E-state index contributed by atoms with van der Waals surface area (Å²) in [4.78, 5) is 8.60. The van der Waals surface area contributed by atoms with Gasteiger partial charge >= 0.3 is 6.43 Å². The molecule has 1 N–H and O–H groups in total. The van der Waals surface area contributed by atoms with Crippen LogP contribution in [0.1, 0.15) is 44.6 Å². The van der Waals surface area contributed by atoms with Crippen LogP contribution in [0.15, 0.2) is 46.0 Å². The number of anilines is 1. The highest BCUT2D eigenvalue weighted by atomic mass is 32.2. The Bertz CT molecular complexity index is 1130. The van der Waals surface area contributed by atoms with Crippen LogP contribution < -0.4 is 5.32 Å². The molecule has 1 aliphatic rings. The van der Waals surface area contributed by atoms with Crippen molar-refractivity contribution in [2.75, 3.05) is 11.1 Å². The van der Waals surface area contributed by atoms with Gasteiger partial charge in [0.1, 0.15) is 0 Å². The minimum atomic E-state index is -3.49. The number of benzene rings is 1. The molecule has 31 heavy (non-hydrogen) atoms. The van der Waals surface area contributed by atoms with Crippen LogP contribution in [0.3, 0.4) is 0 Å². The number of aryl methyl sites for hydroxylation is 1. The van der Waals surface area contributed by atoms with E-state index in [2.05, 4.69) is 25.5 Å². The Hall–Kier alpha value is -2.95. The van der Waals surface area contributed by atoms with Gasteiger partial charge in [-0.1, -0.05) is 25.1 Å². The van der Waals surface area contributed by atoms with Crippen molar-refractivity contribution in [3.05, 3.63) is 48.1 Å². The van der Waals surface area contributed by atoms with Gasteiger partial charge in [-0.05, 0) is 38.3 Å². The summed E-state index contributed by atoms with van der Waals surface area (Å²) < 4.78 is 55.8. The summed E-state index contributed by atoms with van der Waals surface area (Å²) in [6.07, 6.45) is 2.10. The average molecular weight is 451 g/mol. The fourth-order valence-electron chi connectivity index (χ4n) is 3.28. The number of aromatic nitrogens is 4. The van der Waals surface area contributed by atoms with Crippen LogP contribution in [0.2, 0.25) is 0 Å². The number of nitrogens with zero attached hydrogens (tertiary/aromatic N) is 4. The zero-order valence-electron chi connectivity index (χ0n) is 16.0. The zero-order valence-corrected chi connectivity index (χ0v) is 16.9. The lowest BCUT2D eigenvalue weighted by molar-refractivity contribution is 0.116. The van der Waals surface area contributed by atoms with Crippen molar-refractivity contribution in [2.24, 2.45) is 0 Å². The summed E-state index contributed by atoms with van der Waals surface area (Å²) >= 11 is 0. The average Bonchev–Trinajstić information content (AvgIpc) is 3.17. The molecule has 166 valence electrons. The third kappa shape index (κ3) is 4.87. The molecule has 2 heterocycles. The van der Waals surface area contributed by atoms with Gasteiger partial charge in [-0.2, -0.15) is 8.78 Å². The SMILES string of the molecule is C.Cc1ccc(S(=O)(=O)CC2(Nc3ncc(-c4nnc(C(F)F)o4)cn3)CCC2)cc1. The number of hydrogen-bond donors (Lipinski definition) is 1. The topological polar surface area (TPSA) is 111 Å². The van der Waals surface area contributed by atoms with Gasteiger partial charge in [0.2, 0.25) is 5.95 Å². The third-order valence-electron chi connectivity index (χ3n) is 5.06. The van der Waals surface area contributed by atoms with Crippen LogP contribution in [-0.4, -0.2) is 39.9 Å². The minimum Gasteiger partial charge on any atom is -0.415 e. The molecule has 0 aliphatic heterocycles. The van der Waals surface area contributed by atoms with Crippen LogP contribution in [0.5, 0.6) is 0 Å². The van der Waals surface area contributed by atoms with Gasteiger partial charge in [0, 0.05) is 12.4 Å². The first-order valence-corrected chi connectivity index (χ1v) is 10.9. The van der Waals surface area contributed by atoms with Gasteiger partial charge in [-0.15, -0.1) is 10.2 Å². The first-order valence-electron chi connectivity index (χ1n) is 9.28. The normalized spacial score (nSPS) is 15.2. The van der Waals surface area contributed by atoms with E-state index in [0.29, 0.717) is 12.8 Å². The lowest BCUT2D eigenvalue weighted by atomic mass is 9.78. The molecule has 0 amide bonds. The zero-order chi connectivity index (χ0) is 21.4. The van der Waals surface area contributed by atoms with Crippen LogP contribution >= 0.6 is 0 Å². The molecular formula is C20H23F2N5O3S. The van der Waals surface area contributed by atoms with Gasteiger partial charge in [0.15, 0.2) is 9.84 Å². The Morgan fingerprint density at radius 3 is 2.29 bits per heavy atom. The largest absolute Gasteiger partial charge is 0.415 e. The first-order chi connectivity index (χ1) is 14.3. The second-order valence-corrected chi connectivity index (χ2v) is 9.36. The summed E-state index contributed by atoms with van der Waals surface area (Å²) in [5.74, 6) is -0.722. The van der Waals surface area contributed by atoms with E-state index in [-0.39, 0.29) is 35.5 Å². The lowest BCUT2D eigenvalue weighted by Gasteiger charge is -2.42. The molecule has 0 unspecified atom stereocenters. The van der Waals surface area contributed by atoms with Crippen LogP contribution in [0.25, 0.3) is 11.5 Å². The molecule has 0 radical (unpaired) electrons. The van der Waals surface area contributed by atoms with Crippen molar-refractivity contribution in [3.63, 3.8) is 0 Å². The Balaban J connectivity index is 0.00000272. The maximum Gasteiger partial charge on any atom is 0.314 e. The minimum absolute atomic E-state index is 0. The van der Waals surface area contributed by atoms with Gasteiger partial charge < -0.3 is 9.73 Å². The molecule has 1 saturated carbocycles. The fraction of sp³-hybridized carbons (Fsp3) is 0.400. The molecular weight excluding hydrogens is 428 g/mol. The summed E-state index contributed by atoms with van der Waals surface area (Å²) in [7, 11) is -3.49. The summed E-state index contributed by atoms with van der Waals surface area (Å²) in [6.45, 7) is 1.90. The third-order valence-corrected chi connectivity index (χ3v) is 6.98. The number of alkyl halides is 2. The van der Waals surface area contributed by atoms with Crippen LogP contribution in [0, 0.1) is 6.92 Å². The predicted molar refractivity (Wildman–Crippen MR) is 110 cm³/mol. The fourth-order valence-corrected chi connectivity index (χ4v) is 5.09.